The van der Waals surface area contributed by atoms with Crippen molar-refractivity contribution in [1.29, 1.82) is 0 Å². The number of aliphatic hydroxyl groups is 1. The Kier molecular flexibility index (Phi) is 4.33. The van der Waals surface area contributed by atoms with Gasteiger partial charge in [0.25, 0.3) is 0 Å². The van der Waals surface area contributed by atoms with Gasteiger partial charge in [0.05, 0.1) is 22.8 Å². The highest BCUT2D eigenvalue weighted by Gasteiger charge is 2.24. The molecule has 108 valence electrons. The van der Waals surface area contributed by atoms with Crippen molar-refractivity contribution in [2.45, 2.75) is 32.9 Å². The van der Waals surface area contributed by atoms with Gasteiger partial charge in [0.2, 0.25) is 0 Å². The molecule has 1 N–H and O–H groups in total. The molecule has 1 aromatic carbocycles. The topological polar surface area (TPSA) is 36.4 Å². The van der Waals surface area contributed by atoms with Crippen LogP contribution in [0, 0.1) is 6.92 Å². The monoisotopic (exact) mass is 292 g/mol. The summed E-state index contributed by atoms with van der Waals surface area (Å²) in [6, 6.07) is 8.01. The number of benzene rings is 1. The molecule has 0 aliphatic heterocycles. The van der Waals surface area contributed by atoms with Crippen molar-refractivity contribution in [1.82, 2.24) is 9.88 Å². The third-order valence-corrected chi connectivity index (χ3v) is 4.45. The number of pyridine rings is 1. The van der Waals surface area contributed by atoms with E-state index in [0.717, 1.165) is 22.2 Å². The molecule has 1 heterocycles. The largest absolute Gasteiger partial charge is 0.394 e. The SMILES string of the molecule is Cc1c(Cl)c(CN(C)C(C)(C)CO)nc2ccccc12. The average Bonchev–Trinajstić information content (AvgIpc) is 2.44. The molecule has 0 fully saturated rings. The first-order valence-electron chi connectivity index (χ1n) is 6.72. The van der Waals surface area contributed by atoms with Crippen LogP contribution in [0.5, 0.6) is 0 Å². The Morgan fingerprint density at radius 3 is 2.60 bits per heavy atom. The van der Waals surface area contributed by atoms with Crippen molar-refractivity contribution >= 4 is 22.5 Å². The second-order valence-electron chi connectivity index (χ2n) is 5.84. The summed E-state index contributed by atoms with van der Waals surface area (Å²) in [4.78, 5) is 6.73. The van der Waals surface area contributed by atoms with Crippen molar-refractivity contribution in [3.63, 3.8) is 0 Å². The van der Waals surface area contributed by atoms with Crippen LogP contribution in [0.25, 0.3) is 10.9 Å². The minimum atomic E-state index is -0.301. The van der Waals surface area contributed by atoms with Gasteiger partial charge < -0.3 is 5.11 Å². The fourth-order valence-corrected chi connectivity index (χ4v) is 2.29. The van der Waals surface area contributed by atoms with Crippen molar-refractivity contribution < 1.29 is 5.11 Å². The lowest BCUT2D eigenvalue weighted by molar-refractivity contribution is 0.0725. The minimum Gasteiger partial charge on any atom is -0.394 e. The number of halogens is 1. The van der Waals surface area contributed by atoms with Gasteiger partial charge in [0.1, 0.15) is 0 Å². The fourth-order valence-electron chi connectivity index (χ4n) is 2.08. The summed E-state index contributed by atoms with van der Waals surface area (Å²) in [5.74, 6) is 0. The second-order valence-corrected chi connectivity index (χ2v) is 6.22. The van der Waals surface area contributed by atoms with Gasteiger partial charge in [-0.25, -0.2) is 4.98 Å². The number of aromatic nitrogens is 1. The van der Waals surface area contributed by atoms with Gasteiger partial charge in [-0.2, -0.15) is 0 Å². The van der Waals surface area contributed by atoms with E-state index in [0.29, 0.717) is 11.6 Å². The second kappa shape index (κ2) is 5.68. The Morgan fingerprint density at radius 1 is 1.30 bits per heavy atom. The molecule has 20 heavy (non-hydrogen) atoms. The molecule has 0 unspecified atom stereocenters. The van der Waals surface area contributed by atoms with Crippen LogP contribution < -0.4 is 0 Å². The zero-order valence-corrected chi connectivity index (χ0v) is 13.2. The zero-order chi connectivity index (χ0) is 14.9. The summed E-state index contributed by atoms with van der Waals surface area (Å²) in [5.41, 5.74) is 2.57. The van der Waals surface area contributed by atoms with Gasteiger partial charge in [0, 0.05) is 17.5 Å². The lowest BCUT2D eigenvalue weighted by Gasteiger charge is -2.33. The summed E-state index contributed by atoms with van der Waals surface area (Å²) in [5, 5.41) is 11.2. The molecule has 1 aromatic heterocycles. The highest BCUT2D eigenvalue weighted by molar-refractivity contribution is 6.32. The summed E-state index contributed by atoms with van der Waals surface area (Å²) in [6.45, 7) is 6.71. The zero-order valence-electron chi connectivity index (χ0n) is 12.4. The fraction of sp³-hybridized carbons (Fsp3) is 0.438. The molecule has 4 heteroatoms. The molecule has 0 spiro atoms. The molecular weight excluding hydrogens is 272 g/mol. The van der Waals surface area contributed by atoms with E-state index in [1.54, 1.807) is 0 Å². The van der Waals surface area contributed by atoms with Crippen LogP contribution in [-0.4, -0.2) is 34.2 Å². The molecular formula is C16H21ClN2O. The molecule has 0 aliphatic carbocycles. The quantitative estimate of drug-likeness (QED) is 0.938. The smallest absolute Gasteiger partial charge is 0.0740 e. The van der Waals surface area contributed by atoms with Crippen LogP contribution in [0.3, 0.4) is 0 Å². The first-order chi connectivity index (χ1) is 9.36. The van der Waals surface area contributed by atoms with Gasteiger partial charge in [-0.05, 0) is 39.4 Å². The summed E-state index contributed by atoms with van der Waals surface area (Å²) in [7, 11) is 1.97. The van der Waals surface area contributed by atoms with Crippen molar-refractivity contribution in [3.05, 3.63) is 40.5 Å². The van der Waals surface area contributed by atoms with Gasteiger partial charge >= 0.3 is 0 Å². The predicted octanol–water partition coefficient (Wildman–Crippen LogP) is 3.40. The number of para-hydroxylation sites is 1. The standard InChI is InChI=1S/C16H21ClN2O/c1-11-12-7-5-6-8-13(12)18-14(15(11)17)9-19(4)16(2,3)10-20/h5-8,20H,9-10H2,1-4H3. The van der Waals surface area contributed by atoms with Gasteiger partial charge in [0.15, 0.2) is 0 Å². The van der Waals surface area contributed by atoms with Gasteiger partial charge in [-0.3, -0.25) is 4.90 Å². The Labute approximate surface area is 125 Å². The van der Waals surface area contributed by atoms with E-state index in [2.05, 4.69) is 9.88 Å². The summed E-state index contributed by atoms with van der Waals surface area (Å²) < 4.78 is 0. The number of hydrogen-bond acceptors (Lipinski definition) is 3. The Hall–Kier alpha value is -1.16. The number of aliphatic hydroxyl groups excluding tert-OH is 1. The third kappa shape index (κ3) is 2.80. The van der Waals surface area contributed by atoms with Crippen LogP contribution in [0.4, 0.5) is 0 Å². The van der Waals surface area contributed by atoms with E-state index in [-0.39, 0.29) is 12.1 Å². The van der Waals surface area contributed by atoms with E-state index in [1.165, 1.54) is 0 Å². The minimum absolute atomic E-state index is 0.0910. The summed E-state index contributed by atoms with van der Waals surface area (Å²) >= 11 is 6.46. The Bertz CT molecular complexity index is 625. The normalized spacial score (nSPS) is 12.3. The van der Waals surface area contributed by atoms with Crippen LogP contribution in [-0.2, 0) is 6.54 Å². The molecule has 0 amide bonds. The molecule has 0 saturated heterocycles. The summed E-state index contributed by atoms with van der Waals surface area (Å²) in [6.07, 6.45) is 0. The first-order valence-corrected chi connectivity index (χ1v) is 7.10. The third-order valence-electron chi connectivity index (χ3n) is 3.95. The molecule has 3 nitrogen and oxygen atoms in total. The van der Waals surface area contributed by atoms with Crippen LogP contribution in [0.2, 0.25) is 5.02 Å². The molecule has 0 bridgehead atoms. The van der Waals surface area contributed by atoms with E-state index in [1.807, 2.05) is 52.1 Å². The van der Waals surface area contributed by atoms with Crippen molar-refractivity contribution in [2.24, 2.45) is 0 Å². The van der Waals surface area contributed by atoms with Crippen LogP contribution >= 0.6 is 11.6 Å². The van der Waals surface area contributed by atoms with Crippen LogP contribution in [0.15, 0.2) is 24.3 Å². The predicted molar refractivity (Wildman–Crippen MR) is 84.1 cm³/mol. The van der Waals surface area contributed by atoms with Crippen LogP contribution in [0.1, 0.15) is 25.1 Å². The van der Waals surface area contributed by atoms with E-state index >= 15 is 0 Å². The van der Waals surface area contributed by atoms with E-state index in [9.17, 15) is 5.11 Å². The number of likely N-dealkylation sites (N-methyl/N-ethyl adjacent to an activating group) is 1. The van der Waals surface area contributed by atoms with Crippen molar-refractivity contribution in [2.75, 3.05) is 13.7 Å². The first kappa shape index (κ1) is 15.2. The highest BCUT2D eigenvalue weighted by atomic mass is 35.5. The highest BCUT2D eigenvalue weighted by Crippen LogP contribution is 2.28. The Balaban J connectivity index is 2.43. The molecule has 0 radical (unpaired) electrons. The van der Waals surface area contributed by atoms with Gasteiger partial charge in [-0.15, -0.1) is 0 Å². The number of aryl methyl sites for hydroxylation is 1. The average molecular weight is 293 g/mol. The van der Waals surface area contributed by atoms with E-state index in [4.69, 9.17) is 11.6 Å². The lowest BCUT2D eigenvalue weighted by Crippen LogP contribution is -2.43. The van der Waals surface area contributed by atoms with Crippen molar-refractivity contribution in [3.8, 4) is 0 Å². The maximum Gasteiger partial charge on any atom is 0.0740 e. The number of fused-ring (bicyclic) bond motifs is 1. The maximum atomic E-state index is 9.44. The molecule has 2 aromatic rings. The number of rotatable bonds is 4. The number of hydrogen-bond donors (Lipinski definition) is 1. The lowest BCUT2D eigenvalue weighted by atomic mass is 10.0. The Morgan fingerprint density at radius 2 is 1.95 bits per heavy atom. The number of nitrogens with zero attached hydrogens (tertiary/aromatic N) is 2. The van der Waals surface area contributed by atoms with Gasteiger partial charge in [-0.1, -0.05) is 29.8 Å². The molecule has 0 atom stereocenters. The van der Waals surface area contributed by atoms with E-state index < -0.39 is 0 Å². The maximum absolute atomic E-state index is 9.44. The molecule has 0 aliphatic rings. The molecule has 2 rings (SSSR count). The molecule has 0 saturated carbocycles.